The van der Waals surface area contributed by atoms with E-state index in [4.69, 9.17) is 0 Å². The van der Waals surface area contributed by atoms with E-state index in [0.29, 0.717) is 11.3 Å². The van der Waals surface area contributed by atoms with Crippen molar-refractivity contribution in [3.63, 3.8) is 0 Å². The number of nitrogens with zero attached hydrogens (tertiary/aromatic N) is 2. The van der Waals surface area contributed by atoms with E-state index in [2.05, 4.69) is 56.6 Å². The predicted molar refractivity (Wildman–Crippen MR) is 97.5 cm³/mol. The molecule has 3 rings (SSSR count). The number of hydrogen-bond acceptors (Lipinski definition) is 2. The molecular formula is C21H34N2. The van der Waals surface area contributed by atoms with E-state index in [9.17, 15) is 0 Å². The van der Waals surface area contributed by atoms with Crippen LogP contribution in [0.2, 0.25) is 0 Å². The lowest BCUT2D eigenvalue weighted by Crippen LogP contribution is -2.58. The van der Waals surface area contributed by atoms with Gasteiger partial charge < -0.3 is 4.90 Å². The minimum Gasteiger partial charge on any atom is -0.300 e. The monoisotopic (exact) mass is 314 g/mol. The second-order valence-electron chi connectivity index (χ2n) is 9.02. The second kappa shape index (κ2) is 6.55. The summed E-state index contributed by atoms with van der Waals surface area (Å²) in [5.41, 5.74) is 1.93. The molecule has 1 aromatic rings. The number of rotatable bonds is 6. The zero-order chi connectivity index (χ0) is 16.6. The highest BCUT2D eigenvalue weighted by Crippen LogP contribution is 2.53. The fraction of sp³-hybridized carbons (Fsp3) is 0.762. The van der Waals surface area contributed by atoms with Crippen LogP contribution in [0.25, 0.3) is 0 Å². The third kappa shape index (κ3) is 3.47. The van der Waals surface area contributed by atoms with Gasteiger partial charge in [0, 0.05) is 31.5 Å². The first-order valence-corrected chi connectivity index (χ1v) is 9.52. The number of likely N-dealkylation sites (tertiary alicyclic amines) is 1. The van der Waals surface area contributed by atoms with Gasteiger partial charge in [0.05, 0.1) is 0 Å². The molecule has 23 heavy (non-hydrogen) atoms. The highest BCUT2D eigenvalue weighted by atomic mass is 15.2. The largest absolute Gasteiger partial charge is 0.300 e. The second-order valence-corrected chi connectivity index (χ2v) is 9.02. The van der Waals surface area contributed by atoms with Crippen LogP contribution >= 0.6 is 0 Å². The lowest BCUT2D eigenvalue weighted by molar-refractivity contribution is -0.0693. The summed E-state index contributed by atoms with van der Waals surface area (Å²) in [6, 6.07) is 5.01. The van der Waals surface area contributed by atoms with Gasteiger partial charge in [0.25, 0.3) is 0 Å². The Balaban J connectivity index is 1.45. The minimum atomic E-state index is 0.527. The van der Waals surface area contributed by atoms with Crippen LogP contribution in [0.15, 0.2) is 24.5 Å². The van der Waals surface area contributed by atoms with E-state index in [-0.39, 0.29) is 0 Å². The van der Waals surface area contributed by atoms with Crippen molar-refractivity contribution in [2.75, 3.05) is 13.1 Å². The Morgan fingerprint density at radius 1 is 1.17 bits per heavy atom. The normalized spacial score (nSPS) is 27.6. The average molecular weight is 315 g/mol. The first kappa shape index (κ1) is 17.0. The van der Waals surface area contributed by atoms with Crippen molar-refractivity contribution in [3.8, 4) is 0 Å². The summed E-state index contributed by atoms with van der Waals surface area (Å²) in [7, 11) is 0. The number of pyridine rings is 1. The molecule has 2 aliphatic rings. The predicted octanol–water partition coefficient (Wildman–Crippen LogP) is 4.97. The lowest BCUT2D eigenvalue weighted by Gasteiger charge is -2.56. The highest BCUT2D eigenvalue weighted by molar-refractivity contribution is 5.14. The van der Waals surface area contributed by atoms with Crippen LogP contribution in [0.3, 0.4) is 0 Å². The van der Waals surface area contributed by atoms with Gasteiger partial charge in [-0.15, -0.1) is 0 Å². The molecule has 2 nitrogen and oxygen atoms in total. The Bertz CT molecular complexity index is 496. The maximum atomic E-state index is 4.27. The maximum Gasteiger partial charge on any atom is 0.0302 e. The molecule has 0 bridgehead atoms. The standard InChI is InChI=1S/C21H34N2/c1-15(2)23-13-20(14-23)21(4,5)19-10-17(11-19)9-16(3)18-7-6-8-22-12-18/h6-8,12,15-17,19-20H,9-11,13-14H2,1-5H3. The fourth-order valence-corrected chi connectivity index (χ4v) is 4.58. The SMILES string of the molecule is CC(CC1CC(C(C)(C)C2CN(C(C)C)C2)C1)c1cccnc1. The van der Waals surface area contributed by atoms with Gasteiger partial charge in [0.2, 0.25) is 0 Å². The van der Waals surface area contributed by atoms with Crippen LogP contribution < -0.4 is 0 Å². The topological polar surface area (TPSA) is 16.1 Å². The van der Waals surface area contributed by atoms with Crippen LogP contribution in [0, 0.1) is 23.2 Å². The van der Waals surface area contributed by atoms with Gasteiger partial charge in [0.1, 0.15) is 0 Å². The van der Waals surface area contributed by atoms with E-state index in [1.54, 1.807) is 0 Å². The molecular weight excluding hydrogens is 280 g/mol. The van der Waals surface area contributed by atoms with Crippen molar-refractivity contribution in [2.24, 2.45) is 23.2 Å². The molecule has 1 atom stereocenters. The molecule has 1 unspecified atom stereocenters. The minimum absolute atomic E-state index is 0.527. The fourth-order valence-electron chi connectivity index (χ4n) is 4.58. The molecule has 1 aromatic heterocycles. The van der Waals surface area contributed by atoms with Gasteiger partial charge in [-0.05, 0) is 73.8 Å². The zero-order valence-electron chi connectivity index (χ0n) is 15.6. The molecule has 1 aliphatic heterocycles. The summed E-state index contributed by atoms with van der Waals surface area (Å²) in [5, 5.41) is 0. The molecule has 128 valence electrons. The summed E-state index contributed by atoms with van der Waals surface area (Å²) in [6.07, 6.45) is 8.13. The Hall–Kier alpha value is -0.890. The molecule has 2 fully saturated rings. The lowest BCUT2D eigenvalue weighted by atomic mass is 9.55. The Kier molecular flexibility index (Phi) is 4.83. The van der Waals surface area contributed by atoms with Crippen molar-refractivity contribution >= 4 is 0 Å². The number of hydrogen-bond donors (Lipinski definition) is 0. The molecule has 1 aliphatic carbocycles. The Labute approximate surface area is 142 Å². The first-order valence-electron chi connectivity index (χ1n) is 9.52. The van der Waals surface area contributed by atoms with Crippen molar-refractivity contribution in [1.29, 1.82) is 0 Å². The van der Waals surface area contributed by atoms with Crippen LogP contribution in [-0.4, -0.2) is 29.0 Å². The molecule has 2 heteroatoms. The molecule has 1 saturated carbocycles. The third-order valence-corrected chi connectivity index (χ3v) is 6.92. The molecule has 1 saturated heterocycles. The quantitative estimate of drug-likeness (QED) is 0.737. The smallest absolute Gasteiger partial charge is 0.0302 e. The maximum absolute atomic E-state index is 4.27. The van der Waals surface area contributed by atoms with Crippen LogP contribution in [0.1, 0.15) is 65.4 Å². The van der Waals surface area contributed by atoms with Gasteiger partial charge in [-0.2, -0.15) is 0 Å². The van der Waals surface area contributed by atoms with Crippen LogP contribution in [-0.2, 0) is 0 Å². The van der Waals surface area contributed by atoms with Crippen molar-refractivity contribution in [3.05, 3.63) is 30.1 Å². The average Bonchev–Trinajstić information content (AvgIpc) is 2.40. The van der Waals surface area contributed by atoms with Crippen molar-refractivity contribution < 1.29 is 0 Å². The third-order valence-electron chi connectivity index (χ3n) is 6.92. The first-order chi connectivity index (χ1) is 10.9. The molecule has 0 amide bonds. The summed E-state index contributed by atoms with van der Waals surface area (Å²) in [6.45, 7) is 14.7. The van der Waals surface area contributed by atoms with Gasteiger partial charge in [-0.1, -0.05) is 26.8 Å². The molecule has 2 heterocycles. The Morgan fingerprint density at radius 3 is 2.43 bits per heavy atom. The summed E-state index contributed by atoms with van der Waals surface area (Å²) < 4.78 is 0. The van der Waals surface area contributed by atoms with Crippen molar-refractivity contribution in [1.82, 2.24) is 9.88 Å². The summed E-state index contributed by atoms with van der Waals surface area (Å²) in [4.78, 5) is 6.89. The molecule has 0 aromatic carbocycles. The zero-order valence-corrected chi connectivity index (χ0v) is 15.6. The van der Waals surface area contributed by atoms with Gasteiger partial charge >= 0.3 is 0 Å². The van der Waals surface area contributed by atoms with Gasteiger partial charge in [-0.3, -0.25) is 4.98 Å². The van der Waals surface area contributed by atoms with E-state index in [0.717, 1.165) is 23.8 Å². The van der Waals surface area contributed by atoms with Gasteiger partial charge in [-0.25, -0.2) is 0 Å². The molecule has 0 radical (unpaired) electrons. The van der Waals surface area contributed by atoms with E-state index >= 15 is 0 Å². The molecule has 0 spiro atoms. The van der Waals surface area contributed by atoms with E-state index < -0.39 is 0 Å². The molecule has 0 N–H and O–H groups in total. The highest BCUT2D eigenvalue weighted by Gasteiger charge is 2.48. The van der Waals surface area contributed by atoms with Crippen LogP contribution in [0.4, 0.5) is 0 Å². The van der Waals surface area contributed by atoms with Crippen molar-refractivity contribution in [2.45, 2.75) is 65.8 Å². The van der Waals surface area contributed by atoms with E-state index in [1.165, 1.54) is 37.9 Å². The summed E-state index contributed by atoms with van der Waals surface area (Å²) >= 11 is 0. The van der Waals surface area contributed by atoms with Gasteiger partial charge in [0.15, 0.2) is 0 Å². The van der Waals surface area contributed by atoms with E-state index in [1.807, 2.05) is 12.4 Å². The number of aromatic nitrogens is 1. The summed E-state index contributed by atoms with van der Waals surface area (Å²) in [5.74, 6) is 3.42. The van der Waals surface area contributed by atoms with Crippen LogP contribution in [0.5, 0.6) is 0 Å². The Morgan fingerprint density at radius 2 is 1.87 bits per heavy atom.